The summed E-state index contributed by atoms with van der Waals surface area (Å²) in [5, 5.41) is 0. The Morgan fingerprint density at radius 3 is 2.95 bits per heavy atom. The van der Waals surface area contributed by atoms with Crippen LogP contribution in [0.1, 0.15) is 37.3 Å². The summed E-state index contributed by atoms with van der Waals surface area (Å²) < 4.78 is 12.3. The van der Waals surface area contributed by atoms with Crippen LogP contribution in [0.3, 0.4) is 0 Å². The summed E-state index contributed by atoms with van der Waals surface area (Å²) in [6.07, 6.45) is 0.556. The van der Waals surface area contributed by atoms with E-state index in [-0.39, 0.29) is 12.2 Å². The average Bonchev–Trinajstić information content (AvgIpc) is 2.68. The lowest BCUT2D eigenvalue weighted by molar-refractivity contribution is -0.000231. The molecule has 0 unspecified atom stereocenters. The number of fused-ring (bicyclic) bond motifs is 1. The van der Waals surface area contributed by atoms with E-state index in [1.54, 1.807) is 23.3 Å². The number of amides is 1. The normalized spacial score (nSPS) is 18.6. The molecule has 0 N–H and O–H groups in total. The molecule has 1 atom stereocenters. The second-order valence-corrected chi connectivity index (χ2v) is 8.37. The predicted octanol–water partition coefficient (Wildman–Crippen LogP) is 3.99. The first-order valence-electron chi connectivity index (χ1n) is 6.60. The highest BCUT2D eigenvalue weighted by Gasteiger charge is 2.28. The Balaban J connectivity index is 2.02. The largest absolute Gasteiger partial charge is 0.444 e. The molecule has 2 heterocycles. The van der Waals surface area contributed by atoms with Crippen molar-refractivity contribution >= 4 is 33.4 Å². The fraction of sp³-hybridized carbons (Fsp3) is 0.643. The van der Waals surface area contributed by atoms with Crippen LogP contribution < -0.4 is 0 Å². The van der Waals surface area contributed by atoms with Gasteiger partial charge in [-0.05, 0) is 54.8 Å². The van der Waals surface area contributed by atoms with Crippen molar-refractivity contribution in [1.29, 1.82) is 0 Å². The first-order chi connectivity index (χ1) is 9.26. The maximum Gasteiger partial charge on any atom is 0.410 e. The first kappa shape index (κ1) is 15.8. The molecule has 1 aromatic heterocycles. The first-order valence-corrected chi connectivity index (χ1v) is 8.21. The molecule has 0 spiro atoms. The van der Waals surface area contributed by atoms with Crippen LogP contribution in [-0.4, -0.2) is 36.8 Å². The highest BCUT2D eigenvalue weighted by Crippen LogP contribution is 2.37. The number of halogens is 1. The Labute approximate surface area is 132 Å². The topological polar surface area (TPSA) is 38.8 Å². The van der Waals surface area contributed by atoms with Gasteiger partial charge in [-0.25, -0.2) is 4.79 Å². The number of ether oxygens (including phenoxy) is 2. The highest BCUT2D eigenvalue weighted by molar-refractivity contribution is 9.11. The summed E-state index contributed by atoms with van der Waals surface area (Å²) in [5.41, 5.74) is 0.839. The van der Waals surface area contributed by atoms with E-state index in [2.05, 4.69) is 22.0 Å². The fourth-order valence-electron chi connectivity index (χ4n) is 2.06. The van der Waals surface area contributed by atoms with Gasteiger partial charge in [-0.1, -0.05) is 0 Å². The molecule has 0 fully saturated rings. The summed E-state index contributed by atoms with van der Waals surface area (Å²) in [5.74, 6) is 0. The molecule has 0 radical (unpaired) electrons. The Hall–Kier alpha value is -0.590. The van der Waals surface area contributed by atoms with E-state index in [1.165, 1.54) is 10.4 Å². The Bertz CT molecular complexity index is 495. The summed E-state index contributed by atoms with van der Waals surface area (Å²) in [6, 6.07) is 2.14. The molecule has 2 rings (SSSR count). The number of hydrogen-bond donors (Lipinski definition) is 0. The van der Waals surface area contributed by atoms with Gasteiger partial charge in [0.1, 0.15) is 11.7 Å². The molecule has 112 valence electrons. The minimum absolute atomic E-state index is 0.0624. The minimum Gasteiger partial charge on any atom is -0.444 e. The highest BCUT2D eigenvalue weighted by atomic mass is 79.9. The number of nitrogens with zero attached hydrogens (tertiary/aromatic N) is 1. The van der Waals surface area contributed by atoms with E-state index >= 15 is 0 Å². The van der Waals surface area contributed by atoms with Gasteiger partial charge in [-0.15, -0.1) is 11.3 Å². The monoisotopic (exact) mass is 361 g/mol. The standard InChI is InChI=1S/C14H20BrNO3S/c1-14(2,3)19-13(17)16(4)8-10-12-9(5-6-18-10)7-11(15)20-12/h7,10H,5-6,8H2,1-4H3/t10-/m1/s1. The maximum absolute atomic E-state index is 12.0. The van der Waals surface area contributed by atoms with Crippen molar-refractivity contribution in [2.75, 3.05) is 20.2 Å². The molecule has 1 aromatic rings. The van der Waals surface area contributed by atoms with Crippen molar-refractivity contribution in [2.45, 2.75) is 38.9 Å². The van der Waals surface area contributed by atoms with Crippen LogP contribution in [0.25, 0.3) is 0 Å². The van der Waals surface area contributed by atoms with Crippen LogP contribution in [-0.2, 0) is 15.9 Å². The smallest absolute Gasteiger partial charge is 0.410 e. The van der Waals surface area contributed by atoms with Crippen LogP contribution >= 0.6 is 27.3 Å². The molecule has 0 saturated heterocycles. The zero-order chi connectivity index (χ0) is 14.9. The number of carbonyl (C=O) groups excluding carboxylic acids is 1. The van der Waals surface area contributed by atoms with E-state index in [4.69, 9.17) is 9.47 Å². The average molecular weight is 362 g/mol. The van der Waals surface area contributed by atoms with Gasteiger partial charge >= 0.3 is 6.09 Å². The number of likely N-dealkylation sites (N-methyl/N-ethyl adjacent to an activating group) is 1. The summed E-state index contributed by atoms with van der Waals surface area (Å²) in [4.78, 5) is 14.8. The molecule has 0 bridgehead atoms. The van der Waals surface area contributed by atoms with Gasteiger partial charge in [-0.3, -0.25) is 0 Å². The van der Waals surface area contributed by atoms with Gasteiger partial charge < -0.3 is 14.4 Å². The van der Waals surface area contributed by atoms with E-state index in [1.807, 2.05) is 20.8 Å². The molecule has 0 aliphatic carbocycles. The van der Waals surface area contributed by atoms with E-state index in [0.29, 0.717) is 13.2 Å². The van der Waals surface area contributed by atoms with Crippen molar-refractivity contribution < 1.29 is 14.3 Å². The molecule has 1 amide bonds. The van der Waals surface area contributed by atoms with Crippen molar-refractivity contribution in [1.82, 2.24) is 4.90 Å². The SMILES string of the molecule is CN(C[C@H]1OCCc2cc(Br)sc21)C(=O)OC(C)(C)C. The third-order valence-corrected chi connectivity index (χ3v) is 4.71. The second kappa shape index (κ2) is 6.03. The quantitative estimate of drug-likeness (QED) is 0.799. The Morgan fingerprint density at radius 1 is 1.60 bits per heavy atom. The molecule has 6 heteroatoms. The second-order valence-electron chi connectivity index (χ2n) is 5.91. The van der Waals surface area contributed by atoms with Crippen molar-refractivity contribution in [3.05, 3.63) is 20.3 Å². The van der Waals surface area contributed by atoms with Gasteiger partial charge in [-0.2, -0.15) is 0 Å². The third-order valence-electron chi connectivity index (χ3n) is 2.94. The molecule has 1 aliphatic rings. The van der Waals surface area contributed by atoms with Crippen LogP contribution in [0.5, 0.6) is 0 Å². The number of rotatable bonds is 2. The molecular weight excluding hydrogens is 342 g/mol. The predicted molar refractivity (Wildman–Crippen MR) is 83.3 cm³/mol. The van der Waals surface area contributed by atoms with Gasteiger partial charge in [0, 0.05) is 11.9 Å². The molecule has 1 aliphatic heterocycles. The van der Waals surface area contributed by atoms with Crippen LogP contribution in [0.2, 0.25) is 0 Å². The minimum atomic E-state index is -0.476. The lowest BCUT2D eigenvalue weighted by Gasteiger charge is -2.29. The van der Waals surface area contributed by atoms with Gasteiger partial charge in [0.2, 0.25) is 0 Å². The van der Waals surface area contributed by atoms with Crippen LogP contribution in [0.4, 0.5) is 4.79 Å². The molecule has 4 nitrogen and oxygen atoms in total. The third kappa shape index (κ3) is 3.96. The fourth-order valence-corrected chi connectivity index (χ4v) is 3.84. The lowest BCUT2D eigenvalue weighted by Crippen LogP contribution is -2.37. The zero-order valence-electron chi connectivity index (χ0n) is 12.2. The van der Waals surface area contributed by atoms with Crippen molar-refractivity contribution in [3.63, 3.8) is 0 Å². The van der Waals surface area contributed by atoms with E-state index in [9.17, 15) is 4.79 Å². The number of hydrogen-bond acceptors (Lipinski definition) is 4. The summed E-state index contributed by atoms with van der Waals surface area (Å²) in [7, 11) is 1.74. The Kier molecular flexibility index (Phi) is 4.76. The maximum atomic E-state index is 12.0. The number of thiophene rings is 1. The van der Waals surface area contributed by atoms with Gasteiger partial charge in [0.05, 0.1) is 16.9 Å². The van der Waals surface area contributed by atoms with Crippen LogP contribution in [0, 0.1) is 0 Å². The van der Waals surface area contributed by atoms with Crippen molar-refractivity contribution in [3.8, 4) is 0 Å². The van der Waals surface area contributed by atoms with Gasteiger partial charge in [0.25, 0.3) is 0 Å². The summed E-state index contributed by atoms with van der Waals surface area (Å²) >= 11 is 5.19. The van der Waals surface area contributed by atoms with E-state index in [0.717, 1.165) is 10.2 Å². The van der Waals surface area contributed by atoms with Crippen molar-refractivity contribution in [2.24, 2.45) is 0 Å². The van der Waals surface area contributed by atoms with Gasteiger partial charge in [0.15, 0.2) is 0 Å². The lowest BCUT2D eigenvalue weighted by atomic mass is 10.1. The molecule has 0 saturated carbocycles. The Morgan fingerprint density at radius 2 is 2.30 bits per heavy atom. The van der Waals surface area contributed by atoms with E-state index < -0.39 is 5.60 Å². The number of carbonyl (C=O) groups is 1. The molecular formula is C14H20BrNO3S. The molecule has 20 heavy (non-hydrogen) atoms. The summed E-state index contributed by atoms with van der Waals surface area (Å²) in [6.45, 7) is 6.80. The van der Waals surface area contributed by atoms with Crippen LogP contribution in [0.15, 0.2) is 9.85 Å². The zero-order valence-corrected chi connectivity index (χ0v) is 14.6. The molecule has 0 aromatic carbocycles.